The molecule has 0 amide bonds. The molecule has 2 heterocycles. The van der Waals surface area contributed by atoms with E-state index >= 15 is 0 Å². The van der Waals surface area contributed by atoms with Crippen molar-refractivity contribution >= 4 is 21.6 Å². The third kappa shape index (κ3) is 3.16. The van der Waals surface area contributed by atoms with Crippen molar-refractivity contribution in [1.29, 1.82) is 0 Å². The summed E-state index contributed by atoms with van der Waals surface area (Å²) < 4.78 is 1.78. The van der Waals surface area contributed by atoms with Crippen LogP contribution in [0.25, 0.3) is 0 Å². The second-order valence-corrected chi connectivity index (χ2v) is 5.55. The number of piperidine rings is 1. The Hall–Kier alpha value is -0.920. The Morgan fingerprint density at radius 1 is 1.47 bits per heavy atom. The number of aromatic nitrogens is 2. The highest BCUT2D eigenvalue weighted by molar-refractivity contribution is 9.10. The fourth-order valence-corrected chi connectivity index (χ4v) is 2.90. The Labute approximate surface area is 120 Å². The van der Waals surface area contributed by atoms with Gasteiger partial charge in [-0.15, -0.1) is 0 Å². The molecule has 0 aromatic carbocycles. The van der Waals surface area contributed by atoms with Gasteiger partial charge in [0.25, 0.3) is 5.56 Å². The third-order valence-electron chi connectivity index (χ3n) is 3.57. The van der Waals surface area contributed by atoms with Gasteiger partial charge in [0.15, 0.2) is 0 Å². The van der Waals surface area contributed by atoms with Crippen LogP contribution in [-0.2, 0) is 6.54 Å². The molecule has 0 bridgehead atoms. The number of hydrogen-bond donors (Lipinski definition) is 2. The van der Waals surface area contributed by atoms with E-state index in [0.29, 0.717) is 10.4 Å². The van der Waals surface area contributed by atoms with Crippen LogP contribution in [0.5, 0.6) is 0 Å². The van der Waals surface area contributed by atoms with E-state index in [0.717, 1.165) is 38.2 Å². The maximum atomic E-state index is 12.0. The molecule has 1 aromatic heterocycles. The second-order valence-electron chi connectivity index (χ2n) is 4.76. The SMILES string of the molecule is NCC1CCN(c2cnn(CCO)c(=O)c2Br)CC1. The van der Waals surface area contributed by atoms with Crippen LogP contribution in [0, 0.1) is 5.92 Å². The van der Waals surface area contributed by atoms with E-state index in [1.807, 2.05) is 0 Å². The summed E-state index contributed by atoms with van der Waals surface area (Å²) >= 11 is 3.35. The number of nitrogens with zero attached hydrogens (tertiary/aromatic N) is 3. The summed E-state index contributed by atoms with van der Waals surface area (Å²) in [5, 5.41) is 13.0. The summed E-state index contributed by atoms with van der Waals surface area (Å²) in [4.78, 5) is 14.2. The van der Waals surface area contributed by atoms with Gasteiger partial charge in [-0.05, 0) is 41.2 Å². The van der Waals surface area contributed by atoms with Gasteiger partial charge >= 0.3 is 0 Å². The maximum absolute atomic E-state index is 12.0. The molecule has 2 rings (SSSR count). The lowest BCUT2D eigenvalue weighted by Crippen LogP contribution is -2.38. The average Bonchev–Trinajstić information content (AvgIpc) is 2.45. The summed E-state index contributed by atoms with van der Waals surface area (Å²) in [6.45, 7) is 2.64. The van der Waals surface area contributed by atoms with Crippen LogP contribution in [0.4, 0.5) is 5.69 Å². The molecule has 0 aliphatic carbocycles. The van der Waals surface area contributed by atoms with Crippen LogP contribution in [0.3, 0.4) is 0 Å². The predicted octanol–water partition coefficient (Wildman–Crippen LogP) is 0.173. The van der Waals surface area contributed by atoms with Gasteiger partial charge in [-0.25, -0.2) is 4.68 Å². The largest absolute Gasteiger partial charge is 0.394 e. The number of aliphatic hydroxyl groups is 1. The van der Waals surface area contributed by atoms with E-state index in [1.165, 1.54) is 4.68 Å². The molecule has 1 aromatic rings. The van der Waals surface area contributed by atoms with Crippen molar-refractivity contribution in [3.05, 3.63) is 21.0 Å². The number of rotatable bonds is 4. The molecule has 1 aliphatic rings. The first-order valence-electron chi connectivity index (χ1n) is 6.49. The van der Waals surface area contributed by atoms with Crippen molar-refractivity contribution in [2.45, 2.75) is 19.4 Å². The quantitative estimate of drug-likeness (QED) is 0.822. The average molecular weight is 331 g/mol. The highest BCUT2D eigenvalue weighted by Crippen LogP contribution is 2.26. The normalized spacial score (nSPS) is 16.9. The van der Waals surface area contributed by atoms with Gasteiger partial charge in [-0.2, -0.15) is 5.10 Å². The van der Waals surface area contributed by atoms with Crippen molar-refractivity contribution in [3.8, 4) is 0 Å². The maximum Gasteiger partial charge on any atom is 0.283 e. The van der Waals surface area contributed by atoms with Crippen molar-refractivity contribution in [1.82, 2.24) is 9.78 Å². The second kappa shape index (κ2) is 6.49. The summed E-state index contributed by atoms with van der Waals surface area (Å²) in [5.74, 6) is 0.581. The summed E-state index contributed by atoms with van der Waals surface area (Å²) in [6.07, 6.45) is 3.77. The Bertz CT molecular complexity index is 483. The van der Waals surface area contributed by atoms with Crippen molar-refractivity contribution < 1.29 is 5.11 Å². The molecule has 106 valence electrons. The topological polar surface area (TPSA) is 84.4 Å². The summed E-state index contributed by atoms with van der Waals surface area (Å²) in [7, 11) is 0. The molecule has 0 saturated carbocycles. The van der Waals surface area contributed by atoms with Gasteiger partial charge < -0.3 is 15.7 Å². The van der Waals surface area contributed by atoms with Gasteiger partial charge in [0.2, 0.25) is 0 Å². The third-order valence-corrected chi connectivity index (χ3v) is 4.31. The first kappa shape index (κ1) is 14.5. The number of nitrogens with two attached hydrogens (primary N) is 1. The van der Waals surface area contributed by atoms with Gasteiger partial charge in [-0.1, -0.05) is 0 Å². The fourth-order valence-electron chi connectivity index (χ4n) is 2.34. The molecule has 0 unspecified atom stereocenters. The van der Waals surface area contributed by atoms with Crippen LogP contribution >= 0.6 is 15.9 Å². The van der Waals surface area contributed by atoms with Crippen molar-refractivity contribution in [3.63, 3.8) is 0 Å². The molecule has 1 fully saturated rings. The lowest BCUT2D eigenvalue weighted by molar-refractivity contribution is 0.266. The number of halogens is 1. The monoisotopic (exact) mass is 330 g/mol. The summed E-state index contributed by atoms with van der Waals surface area (Å²) in [6, 6.07) is 0. The zero-order valence-corrected chi connectivity index (χ0v) is 12.3. The van der Waals surface area contributed by atoms with E-state index in [9.17, 15) is 4.79 Å². The molecule has 3 N–H and O–H groups in total. The lowest BCUT2D eigenvalue weighted by atomic mass is 9.97. The number of anilines is 1. The van der Waals surface area contributed by atoms with E-state index in [-0.39, 0.29) is 18.7 Å². The highest BCUT2D eigenvalue weighted by Gasteiger charge is 2.21. The Kier molecular flexibility index (Phi) is 4.95. The molecule has 0 atom stereocenters. The van der Waals surface area contributed by atoms with Crippen LogP contribution in [0.1, 0.15) is 12.8 Å². The van der Waals surface area contributed by atoms with E-state index in [1.54, 1.807) is 6.20 Å². The lowest BCUT2D eigenvalue weighted by Gasteiger charge is -2.33. The smallest absolute Gasteiger partial charge is 0.283 e. The van der Waals surface area contributed by atoms with Crippen LogP contribution in [0.2, 0.25) is 0 Å². The minimum atomic E-state index is -0.201. The standard InChI is InChI=1S/C12H19BrN4O2/c13-11-10(8-15-17(5-6-18)12(11)19)16-3-1-9(7-14)2-4-16/h8-9,18H,1-7,14H2. The molecule has 0 spiro atoms. The van der Waals surface area contributed by atoms with Crippen molar-refractivity contribution in [2.24, 2.45) is 11.7 Å². The Morgan fingerprint density at radius 2 is 2.16 bits per heavy atom. The van der Waals surface area contributed by atoms with E-state index in [2.05, 4.69) is 25.9 Å². The first-order chi connectivity index (χ1) is 9.17. The molecule has 0 radical (unpaired) electrons. The number of aliphatic hydroxyl groups excluding tert-OH is 1. The molecular formula is C12H19BrN4O2. The molecule has 1 aliphatic heterocycles. The first-order valence-corrected chi connectivity index (χ1v) is 7.28. The minimum absolute atomic E-state index is 0.0966. The van der Waals surface area contributed by atoms with Crippen LogP contribution in [0.15, 0.2) is 15.5 Å². The zero-order chi connectivity index (χ0) is 13.8. The Morgan fingerprint density at radius 3 is 2.74 bits per heavy atom. The van der Waals surface area contributed by atoms with E-state index in [4.69, 9.17) is 10.8 Å². The van der Waals surface area contributed by atoms with Gasteiger partial charge in [0, 0.05) is 13.1 Å². The number of hydrogen-bond acceptors (Lipinski definition) is 5. The van der Waals surface area contributed by atoms with Gasteiger partial charge in [0.1, 0.15) is 4.47 Å². The summed E-state index contributed by atoms with van der Waals surface area (Å²) in [5.41, 5.74) is 6.30. The van der Waals surface area contributed by atoms with Gasteiger partial charge in [0.05, 0.1) is 25.0 Å². The molecule has 6 nitrogen and oxygen atoms in total. The molecular weight excluding hydrogens is 312 g/mol. The molecule has 19 heavy (non-hydrogen) atoms. The molecule has 1 saturated heterocycles. The van der Waals surface area contributed by atoms with Crippen LogP contribution < -0.4 is 16.2 Å². The highest BCUT2D eigenvalue weighted by atomic mass is 79.9. The predicted molar refractivity (Wildman–Crippen MR) is 77.3 cm³/mol. The van der Waals surface area contributed by atoms with Gasteiger partial charge in [-0.3, -0.25) is 4.79 Å². The Balaban J connectivity index is 2.18. The van der Waals surface area contributed by atoms with E-state index < -0.39 is 0 Å². The zero-order valence-electron chi connectivity index (χ0n) is 10.8. The minimum Gasteiger partial charge on any atom is -0.394 e. The van der Waals surface area contributed by atoms with Crippen LogP contribution in [-0.4, -0.2) is 41.1 Å². The van der Waals surface area contributed by atoms with Crippen molar-refractivity contribution in [2.75, 3.05) is 31.1 Å². The fraction of sp³-hybridized carbons (Fsp3) is 0.667. The molecule has 7 heteroatoms.